The minimum absolute atomic E-state index is 0.0422. The van der Waals surface area contributed by atoms with Crippen molar-refractivity contribution in [2.24, 2.45) is 5.92 Å². The highest BCUT2D eigenvalue weighted by Gasteiger charge is 2.28. The molecule has 4 rings (SSSR count). The van der Waals surface area contributed by atoms with Crippen LogP contribution in [0.1, 0.15) is 32.6 Å². The summed E-state index contributed by atoms with van der Waals surface area (Å²) in [5.74, 6) is 0.592. The fourth-order valence-corrected chi connectivity index (χ4v) is 6.04. The van der Waals surface area contributed by atoms with Gasteiger partial charge in [-0.3, -0.25) is 9.69 Å². The molecule has 2 heterocycles. The molecule has 38 heavy (non-hydrogen) atoms. The first-order valence-corrected chi connectivity index (χ1v) is 14.3. The second kappa shape index (κ2) is 12.0. The number of halogens is 2. The van der Waals surface area contributed by atoms with Gasteiger partial charge in [-0.05, 0) is 69.6 Å². The molecule has 0 aliphatic carbocycles. The third-order valence-electron chi connectivity index (χ3n) is 6.01. The lowest BCUT2D eigenvalue weighted by atomic mass is 9.97. The molecule has 2 N–H and O–H groups in total. The van der Waals surface area contributed by atoms with Crippen molar-refractivity contribution >= 4 is 44.8 Å². The summed E-state index contributed by atoms with van der Waals surface area (Å²) in [6.07, 6.45) is 1.49. The number of anilines is 1. The molecule has 1 saturated heterocycles. The normalized spacial score (nSPS) is 16.5. The molecule has 3 aromatic rings. The number of nitrogens with zero attached hydrogens (tertiary/aromatic N) is 3. The number of rotatable bonds is 9. The number of nitrogens with one attached hydrogen (secondary N) is 2. The number of aromatic nitrogens is 2. The number of carbonyl (C=O) groups is 1. The van der Waals surface area contributed by atoms with Crippen LogP contribution in [0.25, 0.3) is 11.4 Å². The van der Waals surface area contributed by atoms with Crippen molar-refractivity contribution in [1.82, 2.24) is 19.8 Å². The third kappa shape index (κ3) is 6.83. The number of sulfonamides is 1. The van der Waals surface area contributed by atoms with Gasteiger partial charge in [0.05, 0.1) is 35.2 Å². The van der Waals surface area contributed by atoms with Crippen LogP contribution in [-0.2, 0) is 21.4 Å². The first-order valence-electron chi connectivity index (χ1n) is 12.1. The van der Waals surface area contributed by atoms with Gasteiger partial charge in [-0.1, -0.05) is 28.4 Å². The van der Waals surface area contributed by atoms with Gasteiger partial charge in [0.15, 0.2) is 0 Å². The first-order chi connectivity index (χ1) is 18.1. The molecule has 0 saturated carbocycles. The van der Waals surface area contributed by atoms with Crippen LogP contribution in [-0.4, -0.2) is 55.6 Å². The number of amides is 1. The molecule has 204 valence electrons. The van der Waals surface area contributed by atoms with Gasteiger partial charge in [0.1, 0.15) is 5.75 Å². The van der Waals surface area contributed by atoms with E-state index in [4.69, 9.17) is 32.5 Å². The fourth-order valence-electron chi connectivity index (χ4n) is 4.27. The van der Waals surface area contributed by atoms with Crippen molar-refractivity contribution in [2.75, 3.05) is 25.5 Å². The maximum absolute atomic E-state index is 13.2. The lowest BCUT2D eigenvalue weighted by molar-refractivity contribution is -0.121. The van der Waals surface area contributed by atoms with E-state index in [0.717, 1.165) is 13.0 Å². The molecule has 0 radical (unpaired) electrons. The maximum atomic E-state index is 13.2. The largest absolute Gasteiger partial charge is 0.495 e. The lowest BCUT2D eigenvalue weighted by Gasteiger charge is -2.31. The lowest BCUT2D eigenvalue weighted by Crippen LogP contribution is -2.40. The number of likely N-dealkylation sites (tertiary alicyclic amines) is 1. The molecule has 1 fully saturated rings. The number of ether oxygens (including phenoxy) is 1. The second-order valence-corrected chi connectivity index (χ2v) is 11.9. The Hall–Kier alpha value is -2.70. The Morgan fingerprint density at radius 3 is 2.74 bits per heavy atom. The zero-order valence-electron chi connectivity index (χ0n) is 21.2. The average molecular weight is 583 g/mol. The molecule has 13 heteroatoms. The van der Waals surface area contributed by atoms with Crippen molar-refractivity contribution in [3.63, 3.8) is 0 Å². The van der Waals surface area contributed by atoms with Gasteiger partial charge >= 0.3 is 0 Å². The summed E-state index contributed by atoms with van der Waals surface area (Å²) in [7, 11) is -2.28. The minimum atomic E-state index is -3.74. The fraction of sp³-hybridized carbons (Fsp3) is 0.400. The summed E-state index contributed by atoms with van der Waals surface area (Å²) in [6, 6.07) is 9.15. The molecular formula is C25H29Cl2N5O5S. The molecular weight excluding hydrogens is 553 g/mol. The standard InChI is InChI=1S/C25H29Cl2N5O5S/c1-15(2)31-38(34,35)18-7-9-22(36-3)21(12-18)28-25(33)16-5-4-10-32(13-16)14-23-29-24(30-37-23)19-8-6-17(26)11-20(19)27/h6-9,11-12,15-16,31H,4-5,10,13-14H2,1-3H3,(H,28,33). The van der Waals surface area contributed by atoms with E-state index in [-0.39, 0.29) is 22.8 Å². The smallest absolute Gasteiger partial charge is 0.241 e. The number of hydrogen-bond donors (Lipinski definition) is 2. The summed E-state index contributed by atoms with van der Waals surface area (Å²) >= 11 is 12.2. The van der Waals surface area contributed by atoms with Crippen LogP contribution in [0.5, 0.6) is 5.75 Å². The Kier molecular flexibility index (Phi) is 8.94. The van der Waals surface area contributed by atoms with Gasteiger partial charge in [-0.15, -0.1) is 0 Å². The van der Waals surface area contributed by atoms with Crippen molar-refractivity contribution in [3.8, 4) is 17.1 Å². The predicted molar refractivity (Wildman–Crippen MR) is 145 cm³/mol. The molecule has 1 aromatic heterocycles. The van der Waals surface area contributed by atoms with E-state index in [1.807, 2.05) is 0 Å². The van der Waals surface area contributed by atoms with Crippen LogP contribution in [0, 0.1) is 5.92 Å². The van der Waals surface area contributed by atoms with Crippen molar-refractivity contribution in [2.45, 2.75) is 44.2 Å². The number of benzene rings is 2. The number of hydrogen-bond acceptors (Lipinski definition) is 8. The van der Waals surface area contributed by atoms with Gasteiger partial charge in [-0.2, -0.15) is 4.98 Å². The van der Waals surface area contributed by atoms with Crippen LogP contribution in [0.2, 0.25) is 10.0 Å². The monoisotopic (exact) mass is 581 g/mol. The van der Waals surface area contributed by atoms with E-state index in [0.29, 0.717) is 58.3 Å². The van der Waals surface area contributed by atoms with Gasteiger partial charge < -0.3 is 14.6 Å². The summed E-state index contributed by atoms with van der Waals surface area (Å²) in [6.45, 7) is 5.09. The Balaban J connectivity index is 1.43. The van der Waals surface area contributed by atoms with Crippen LogP contribution >= 0.6 is 23.2 Å². The third-order valence-corrected chi connectivity index (χ3v) is 8.21. The van der Waals surface area contributed by atoms with Crippen molar-refractivity contribution in [3.05, 3.63) is 52.3 Å². The van der Waals surface area contributed by atoms with Crippen LogP contribution in [0.15, 0.2) is 45.8 Å². The second-order valence-electron chi connectivity index (χ2n) is 9.34. The summed E-state index contributed by atoms with van der Waals surface area (Å²) < 4.78 is 38.6. The average Bonchev–Trinajstić information content (AvgIpc) is 3.31. The zero-order valence-corrected chi connectivity index (χ0v) is 23.5. The molecule has 2 aromatic carbocycles. The molecule has 1 aliphatic heterocycles. The Labute approximate surface area is 231 Å². The van der Waals surface area contributed by atoms with Crippen LogP contribution in [0.3, 0.4) is 0 Å². The topological polar surface area (TPSA) is 127 Å². The number of carbonyl (C=O) groups excluding carboxylic acids is 1. The quantitative estimate of drug-likeness (QED) is 0.375. The number of methoxy groups -OCH3 is 1. The Morgan fingerprint density at radius 2 is 2.03 bits per heavy atom. The van der Waals surface area contributed by atoms with Gasteiger partial charge in [-0.25, -0.2) is 13.1 Å². The highest BCUT2D eigenvalue weighted by molar-refractivity contribution is 7.89. The summed E-state index contributed by atoms with van der Waals surface area (Å²) in [5, 5.41) is 7.82. The molecule has 10 nitrogen and oxygen atoms in total. The molecule has 0 spiro atoms. The summed E-state index contributed by atoms with van der Waals surface area (Å²) in [5.41, 5.74) is 0.909. The van der Waals surface area contributed by atoms with Gasteiger partial charge in [0.2, 0.25) is 27.6 Å². The Morgan fingerprint density at radius 1 is 1.24 bits per heavy atom. The molecule has 1 aliphatic rings. The zero-order chi connectivity index (χ0) is 27.4. The summed E-state index contributed by atoms with van der Waals surface area (Å²) in [4.78, 5) is 19.8. The predicted octanol–water partition coefficient (Wildman–Crippen LogP) is 4.59. The minimum Gasteiger partial charge on any atom is -0.495 e. The van der Waals surface area contributed by atoms with Gasteiger partial charge in [0.25, 0.3) is 0 Å². The van der Waals surface area contributed by atoms with Crippen molar-refractivity contribution < 1.29 is 22.5 Å². The molecule has 1 atom stereocenters. The van der Waals surface area contributed by atoms with E-state index in [1.54, 1.807) is 32.0 Å². The van der Waals surface area contributed by atoms with Crippen molar-refractivity contribution in [1.29, 1.82) is 0 Å². The SMILES string of the molecule is COc1ccc(S(=O)(=O)NC(C)C)cc1NC(=O)C1CCCN(Cc2nc(-c3ccc(Cl)cc3Cl)no2)C1. The van der Waals surface area contributed by atoms with E-state index in [2.05, 4.69) is 25.1 Å². The highest BCUT2D eigenvalue weighted by atomic mass is 35.5. The van der Waals surface area contributed by atoms with Crippen LogP contribution < -0.4 is 14.8 Å². The molecule has 1 amide bonds. The number of piperidine rings is 1. The highest BCUT2D eigenvalue weighted by Crippen LogP contribution is 2.30. The molecule has 0 bridgehead atoms. The van der Waals surface area contributed by atoms with Gasteiger partial charge in [0, 0.05) is 23.2 Å². The first kappa shape index (κ1) is 28.3. The van der Waals surface area contributed by atoms with E-state index >= 15 is 0 Å². The van der Waals surface area contributed by atoms with E-state index in [9.17, 15) is 13.2 Å². The van der Waals surface area contributed by atoms with Crippen LogP contribution in [0.4, 0.5) is 5.69 Å². The molecule has 1 unspecified atom stereocenters. The van der Waals surface area contributed by atoms with E-state index < -0.39 is 10.0 Å². The maximum Gasteiger partial charge on any atom is 0.241 e. The van der Waals surface area contributed by atoms with E-state index in [1.165, 1.54) is 25.3 Å². The Bertz CT molecular complexity index is 1410.